The second-order valence-electron chi connectivity index (χ2n) is 4.72. The first-order chi connectivity index (χ1) is 7.01. The van der Waals surface area contributed by atoms with Crippen LogP contribution in [0.4, 0.5) is 0 Å². The van der Waals surface area contributed by atoms with Crippen molar-refractivity contribution in [2.24, 2.45) is 0 Å². The fourth-order valence-corrected chi connectivity index (χ4v) is 1.68. The zero-order valence-corrected chi connectivity index (χ0v) is 8.97. The monoisotopic (exact) mass is 209 g/mol. The van der Waals surface area contributed by atoms with Crippen LogP contribution in [-0.2, 0) is 6.54 Å². The number of aldehydes is 1. The first kappa shape index (κ1) is 10.3. The lowest BCUT2D eigenvalue weighted by Gasteiger charge is -2.17. The first-order valence-corrected chi connectivity index (χ1v) is 5.12. The van der Waals surface area contributed by atoms with Crippen LogP contribution in [0.15, 0.2) is 0 Å². The Morgan fingerprint density at radius 1 is 1.60 bits per heavy atom. The first-order valence-electron chi connectivity index (χ1n) is 5.12. The number of hydrogen-bond donors (Lipinski definition) is 1. The van der Waals surface area contributed by atoms with Gasteiger partial charge in [-0.2, -0.15) is 0 Å². The molecule has 2 rings (SSSR count). The minimum atomic E-state index is -0.836. The van der Waals surface area contributed by atoms with Crippen molar-refractivity contribution in [2.45, 2.75) is 44.8 Å². The molecule has 15 heavy (non-hydrogen) atoms. The normalized spacial score (nSPS) is 16.7. The Morgan fingerprint density at radius 3 is 2.73 bits per heavy atom. The summed E-state index contributed by atoms with van der Waals surface area (Å²) >= 11 is 0. The van der Waals surface area contributed by atoms with Gasteiger partial charge in [-0.15, -0.1) is 5.10 Å². The van der Waals surface area contributed by atoms with E-state index in [-0.39, 0.29) is 0 Å². The highest BCUT2D eigenvalue weighted by atomic mass is 16.3. The van der Waals surface area contributed by atoms with Crippen LogP contribution >= 0.6 is 0 Å². The third-order valence-corrected chi connectivity index (χ3v) is 2.41. The van der Waals surface area contributed by atoms with Crippen molar-refractivity contribution in [1.82, 2.24) is 15.0 Å². The number of aromatic nitrogens is 3. The zero-order valence-electron chi connectivity index (χ0n) is 8.97. The van der Waals surface area contributed by atoms with Crippen LogP contribution in [0.5, 0.6) is 0 Å². The largest absolute Gasteiger partial charge is 0.389 e. The molecular formula is C10H15N3O2. The maximum atomic E-state index is 10.8. The lowest BCUT2D eigenvalue weighted by atomic mass is 10.1. The molecule has 0 unspecified atom stereocenters. The molecule has 1 fully saturated rings. The minimum absolute atomic E-state index is 0.375. The van der Waals surface area contributed by atoms with Gasteiger partial charge in [-0.1, -0.05) is 5.21 Å². The summed E-state index contributed by atoms with van der Waals surface area (Å²) in [7, 11) is 0. The maximum absolute atomic E-state index is 10.8. The highest BCUT2D eigenvalue weighted by Crippen LogP contribution is 2.41. The summed E-state index contributed by atoms with van der Waals surface area (Å²) in [5.74, 6) is 0.405. The Hall–Kier alpha value is -1.23. The van der Waals surface area contributed by atoms with Crippen molar-refractivity contribution < 1.29 is 9.90 Å². The summed E-state index contributed by atoms with van der Waals surface area (Å²) in [6.07, 6.45) is 2.90. The Balaban J connectivity index is 2.30. The third-order valence-electron chi connectivity index (χ3n) is 2.41. The Morgan fingerprint density at radius 2 is 2.27 bits per heavy atom. The van der Waals surface area contributed by atoms with E-state index in [9.17, 15) is 9.90 Å². The quantitative estimate of drug-likeness (QED) is 0.742. The summed E-state index contributed by atoms with van der Waals surface area (Å²) in [6, 6.07) is 0. The molecule has 0 amide bonds. The summed E-state index contributed by atoms with van der Waals surface area (Å²) in [4.78, 5) is 10.8. The van der Waals surface area contributed by atoms with Gasteiger partial charge in [-0.25, -0.2) is 4.68 Å². The molecule has 0 spiro atoms. The molecule has 1 aliphatic carbocycles. The van der Waals surface area contributed by atoms with E-state index in [1.807, 2.05) is 0 Å². The van der Waals surface area contributed by atoms with E-state index in [1.165, 1.54) is 0 Å². The molecule has 0 bridgehead atoms. The summed E-state index contributed by atoms with van der Waals surface area (Å²) in [6.45, 7) is 3.80. The van der Waals surface area contributed by atoms with Crippen LogP contribution in [0.2, 0.25) is 0 Å². The van der Waals surface area contributed by atoms with Crippen molar-refractivity contribution in [2.75, 3.05) is 0 Å². The Labute approximate surface area is 88.1 Å². The Kier molecular flexibility index (Phi) is 2.34. The molecule has 0 saturated heterocycles. The van der Waals surface area contributed by atoms with Crippen LogP contribution < -0.4 is 0 Å². The lowest BCUT2D eigenvalue weighted by Crippen LogP contribution is -2.27. The second kappa shape index (κ2) is 3.41. The van der Waals surface area contributed by atoms with Gasteiger partial charge >= 0.3 is 0 Å². The molecule has 1 aromatic heterocycles. The average Bonchev–Trinajstić information content (AvgIpc) is 2.87. The molecule has 1 saturated carbocycles. The molecule has 1 aromatic rings. The van der Waals surface area contributed by atoms with E-state index < -0.39 is 5.60 Å². The highest BCUT2D eigenvalue weighted by Gasteiger charge is 2.32. The van der Waals surface area contributed by atoms with E-state index in [2.05, 4.69) is 10.3 Å². The van der Waals surface area contributed by atoms with Crippen LogP contribution in [-0.4, -0.2) is 32.0 Å². The SMILES string of the molecule is CC(C)(O)Cn1nnc(C=O)c1C1CC1. The number of carbonyl (C=O) groups excluding carboxylic acids is 1. The smallest absolute Gasteiger partial charge is 0.172 e. The van der Waals surface area contributed by atoms with E-state index in [0.717, 1.165) is 24.8 Å². The molecule has 0 radical (unpaired) electrons. The van der Waals surface area contributed by atoms with Gasteiger partial charge in [0.25, 0.3) is 0 Å². The van der Waals surface area contributed by atoms with E-state index in [1.54, 1.807) is 18.5 Å². The molecule has 5 heteroatoms. The molecule has 0 aliphatic heterocycles. The molecule has 1 heterocycles. The van der Waals surface area contributed by atoms with Crippen molar-refractivity contribution in [1.29, 1.82) is 0 Å². The van der Waals surface area contributed by atoms with Gasteiger partial charge in [-0.05, 0) is 26.7 Å². The number of nitrogens with zero attached hydrogens (tertiary/aromatic N) is 3. The van der Waals surface area contributed by atoms with E-state index in [0.29, 0.717) is 18.2 Å². The second-order valence-corrected chi connectivity index (χ2v) is 4.72. The average molecular weight is 209 g/mol. The predicted molar refractivity (Wildman–Crippen MR) is 53.7 cm³/mol. The van der Waals surface area contributed by atoms with E-state index >= 15 is 0 Å². The fraction of sp³-hybridized carbons (Fsp3) is 0.700. The summed E-state index contributed by atoms with van der Waals surface area (Å²) < 4.78 is 1.65. The van der Waals surface area contributed by atoms with Crippen LogP contribution in [0.25, 0.3) is 0 Å². The summed E-state index contributed by atoms with van der Waals surface area (Å²) in [5.41, 5.74) is 0.464. The number of carbonyl (C=O) groups is 1. The fourth-order valence-electron chi connectivity index (χ4n) is 1.68. The van der Waals surface area contributed by atoms with Gasteiger partial charge in [-0.3, -0.25) is 4.79 Å². The molecule has 1 N–H and O–H groups in total. The minimum Gasteiger partial charge on any atom is -0.389 e. The van der Waals surface area contributed by atoms with Crippen molar-refractivity contribution in [3.8, 4) is 0 Å². The number of aliphatic hydroxyl groups is 1. The van der Waals surface area contributed by atoms with Crippen molar-refractivity contribution in [3.63, 3.8) is 0 Å². The molecular weight excluding hydrogens is 194 g/mol. The topological polar surface area (TPSA) is 68.0 Å². The van der Waals surface area contributed by atoms with E-state index in [4.69, 9.17) is 0 Å². The van der Waals surface area contributed by atoms with Crippen molar-refractivity contribution >= 4 is 6.29 Å². The van der Waals surface area contributed by atoms with Crippen LogP contribution in [0.1, 0.15) is 48.8 Å². The molecule has 0 atom stereocenters. The van der Waals surface area contributed by atoms with Gasteiger partial charge < -0.3 is 5.11 Å². The summed E-state index contributed by atoms with van der Waals surface area (Å²) in [5, 5.41) is 17.4. The van der Waals surface area contributed by atoms with Gasteiger partial charge in [0.2, 0.25) is 0 Å². The van der Waals surface area contributed by atoms with Gasteiger partial charge in [0, 0.05) is 5.92 Å². The number of hydrogen-bond acceptors (Lipinski definition) is 4. The molecule has 1 aliphatic rings. The zero-order chi connectivity index (χ0) is 11.1. The number of rotatable bonds is 4. The Bertz CT molecular complexity index is 375. The van der Waals surface area contributed by atoms with Crippen LogP contribution in [0, 0.1) is 0 Å². The van der Waals surface area contributed by atoms with Gasteiger partial charge in [0.15, 0.2) is 6.29 Å². The molecule has 82 valence electrons. The third kappa shape index (κ3) is 2.23. The van der Waals surface area contributed by atoms with Gasteiger partial charge in [0.1, 0.15) is 5.69 Å². The van der Waals surface area contributed by atoms with Crippen LogP contribution in [0.3, 0.4) is 0 Å². The van der Waals surface area contributed by atoms with Gasteiger partial charge in [0.05, 0.1) is 17.8 Å². The predicted octanol–water partition coefficient (Wildman–Crippen LogP) is 0.739. The maximum Gasteiger partial charge on any atom is 0.172 e. The highest BCUT2D eigenvalue weighted by molar-refractivity contribution is 5.73. The standard InChI is InChI=1S/C10H15N3O2/c1-10(2,15)6-13-9(7-3-4-7)8(5-14)11-12-13/h5,7,15H,3-4,6H2,1-2H3. The molecule has 5 nitrogen and oxygen atoms in total. The van der Waals surface area contributed by atoms with Crippen molar-refractivity contribution in [3.05, 3.63) is 11.4 Å². The molecule has 0 aromatic carbocycles. The lowest BCUT2D eigenvalue weighted by molar-refractivity contribution is 0.0561.